The summed E-state index contributed by atoms with van der Waals surface area (Å²) in [6, 6.07) is 6.45. The number of nitrogens with one attached hydrogen (secondary N) is 1. The predicted octanol–water partition coefficient (Wildman–Crippen LogP) is 3.18. The maximum Gasteiger partial charge on any atom is 0.232 e. The van der Waals surface area contributed by atoms with E-state index in [4.69, 9.17) is 0 Å². The summed E-state index contributed by atoms with van der Waals surface area (Å²) in [6.45, 7) is 9.62. The summed E-state index contributed by atoms with van der Waals surface area (Å²) in [5.41, 5.74) is 3.88. The van der Waals surface area contributed by atoms with Crippen LogP contribution in [-0.4, -0.2) is 47.0 Å². The van der Waals surface area contributed by atoms with Crippen LogP contribution in [0.5, 0.6) is 0 Å². The maximum atomic E-state index is 4.62. The molecular formula is C19H28N6. The van der Waals surface area contributed by atoms with Crippen molar-refractivity contribution in [3.8, 4) is 0 Å². The van der Waals surface area contributed by atoms with Gasteiger partial charge in [0.2, 0.25) is 11.9 Å². The van der Waals surface area contributed by atoms with Crippen LogP contribution in [0, 0.1) is 0 Å². The Morgan fingerprint density at radius 1 is 1.20 bits per heavy atom. The van der Waals surface area contributed by atoms with Crippen LogP contribution in [0.15, 0.2) is 18.2 Å². The van der Waals surface area contributed by atoms with Crippen molar-refractivity contribution in [1.82, 2.24) is 19.9 Å². The Balaban J connectivity index is 1.93. The van der Waals surface area contributed by atoms with E-state index in [1.54, 1.807) is 0 Å². The van der Waals surface area contributed by atoms with Gasteiger partial charge in [0.1, 0.15) is 5.82 Å². The van der Waals surface area contributed by atoms with Gasteiger partial charge in [-0.05, 0) is 30.2 Å². The first-order valence-corrected chi connectivity index (χ1v) is 9.01. The van der Waals surface area contributed by atoms with Gasteiger partial charge in [0.05, 0.1) is 0 Å². The fourth-order valence-corrected chi connectivity index (χ4v) is 3.07. The van der Waals surface area contributed by atoms with Gasteiger partial charge in [-0.1, -0.05) is 32.9 Å². The highest BCUT2D eigenvalue weighted by Crippen LogP contribution is 2.28. The van der Waals surface area contributed by atoms with Crippen LogP contribution in [0.1, 0.15) is 43.6 Å². The van der Waals surface area contributed by atoms with Gasteiger partial charge < -0.3 is 10.2 Å². The molecule has 1 aromatic heterocycles. The lowest BCUT2D eigenvalue weighted by atomic mass is 9.98. The molecule has 0 amide bonds. The van der Waals surface area contributed by atoms with Gasteiger partial charge in [0.15, 0.2) is 0 Å². The van der Waals surface area contributed by atoms with E-state index in [9.17, 15) is 0 Å². The lowest BCUT2D eigenvalue weighted by Crippen LogP contribution is -2.30. The lowest BCUT2D eigenvalue weighted by Gasteiger charge is -2.29. The van der Waals surface area contributed by atoms with E-state index in [-0.39, 0.29) is 5.92 Å². The monoisotopic (exact) mass is 340 g/mol. The summed E-state index contributed by atoms with van der Waals surface area (Å²) in [5.74, 6) is 2.37. The molecule has 0 fully saturated rings. The molecule has 2 heterocycles. The number of fused-ring (bicyclic) bond motifs is 1. The molecule has 6 nitrogen and oxygen atoms in total. The number of hydrogen-bond acceptors (Lipinski definition) is 6. The van der Waals surface area contributed by atoms with Crippen LogP contribution < -0.4 is 10.2 Å². The average Bonchev–Trinajstić information content (AvgIpc) is 2.61. The zero-order valence-corrected chi connectivity index (χ0v) is 15.9. The lowest BCUT2D eigenvalue weighted by molar-refractivity contribution is 0.268. The van der Waals surface area contributed by atoms with Crippen LogP contribution in [-0.2, 0) is 13.0 Å². The van der Waals surface area contributed by atoms with Crippen LogP contribution in [0.4, 0.5) is 17.6 Å². The summed E-state index contributed by atoms with van der Waals surface area (Å²) >= 11 is 0. The quantitative estimate of drug-likeness (QED) is 0.902. The fourth-order valence-electron chi connectivity index (χ4n) is 3.07. The molecule has 25 heavy (non-hydrogen) atoms. The van der Waals surface area contributed by atoms with Crippen molar-refractivity contribution >= 4 is 17.6 Å². The zero-order valence-electron chi connectivity index (χ0n) is 15.9. The Hall–Kier alpha value is -2.21. The predicted molar refractivity (Wildman–Crippen MR) is 103 cm³/mol. The SMILES string of the molecule is CCN1CCc2c(cccc2Nc2nc(C(C)C)nc(N(C)C)n2)C1. The first-order chi connectivity index (χ1) is 12.0. The second kappa shape index (κ2) is 7.35. The molecule has 0 bridgehead atoms. The van der Waals surface area contributed by atoms with E-state index in [0.717, 1.165) is 37.6 Å². The Labute approximate surface area is 150 Å². The molecule has 0 saturated carbocycles. The standard InChI is InChI=1S/C19H28N6/c1-6-25-11-10-15-14(12-25)8-7-9-16(15)20-18-21-17(13(2)3)22-19(23-18)24(4)5/h7-9,13H,6,10-12H2,1-5H3,(H,20,21,22,23). The molecule has 6 heteroatoms. The molecule has 0 spiro atoms. The summed E-state index contributed by atoms with van der Waals surface area (Å²) in [7, 11) is 3.90. The molecule has 0 atom stereocenters. The molecule has 0 radical (unpaired) electrons. The fraction of sp³-hybridized carbons (Fsp3) is 0.526. The molecule has 1 N–H and O–H groups in total. The van der Waals surface area contributed by atoms with Crippen LogP contribution in [0.25, 0.3) is 0 Å². The highest BCUT2D eigenvalue weighted by Gasteiger charge is 2.18. The molecule has 3 rings (SSSR count). The van der Waals surface area contributed by atoms with E-state index in [0.29, 0.717) is 11.9 Å². The van der Waals surface area contributed by atoms with E-state index in [1.165, 1.54) is 11.1 Å². The average molecular weight is 340 g/mol. The Kier molecular flexibility index (Phi) is 5.18. The van der Waals surface area contributed by atoms with Crippen LogP contribution in [0.3, 0.4) is 0 Å². The van der Waals surface area contributed by atoms with Crippen LogP contribution >= 0.6 is 0 Å². The molecule has 2 aromatic rings. The number of rotatable bonds is 5. The van der Waals surface area contributed by atoms with Gasteiger partial charge in [0, 0.05) is 38.8 Å². The topological polar surface area (TPSA) is 57.2 Å². The first-order valence-electron chi connectivity index (χ1n) is 9.01. The highest BCUT2D eigenvalue weighted by atomic mass is 15.3. The van der Waals surface area contributed by atoms with Crippen molar-refractivity contribution in [2.45, 2.75) is 39.7 Å². The summed E-state index contributed by atoms with van der Waals surface area (Å²) < 4.78 is 0. The van der Waals surface area contributed by atoms with E-state index in [2.05, 4.69) is 64.1 Å². The molecule has 0 unspecified atom stereocenters. The second-order valence-electron chi connectivity index (χ2n) is 7.05. The minimum Gasteiger partial charge on any atom is -0.347 e. The van der Waals surface area contributed by atoms with Crippen molar-refractivity contribution in [3.63, 3.8) is 0 Å². The first kappa shape index (κ1) is 17.6. The van der Waals surface area contributed by atoms with Crippen LogP contribution in [0.2, 0.25) is 0 Å². The number of nitrogens with zero attached hydrogens (tertiary/aromatic N) is 5. The Bertz CT molecular complexity index is 714. The number of anilines is 3. The minimum atomic E-state index is 0.255. The molecule has 0 saturated heterocycles. The number of aromatic nitrogens is 3. The van der Waals surface area contributed by atoms with Gasteiger partial charge in [-0.2, -0.15) is 15.0 Å². The third-order valence-corrected chi connectivity index (χ3v) is 4.60. The van der Waals surface area contributed by atoms with Crippen molar-refractivity contribution in [2.75, 3.05) is 37.4 Å². The minimum absolute atomic E-state index is 0.255. The normalized spacial score (nSPS) is 14.5. The van der Waals surface area contributed by atoms with Gasteiger partial charge in [-0.3, -0.25) is 4.90 Å². The zero-order chi connectivity index (χ0) is 18.0. The number of hydrogen-bond donors (Lipinski definition) is 1. The number of benzene rings is 1. The summed E-state index contributed by atoms with van der Waals surface area (Å²) in [6.07, 6.45) is 1.05. The summed E-state index contributed by atoms with van der Waals surface area (Å²) in [4.78, 5) is 18.1. The van der Waals surface area contributed by atoms with Crippen molar-refractivity contribution in [3.05, 3.63) is 35.2 Å². The van der Waals surface area contributed by atoms with E-state index >= 15 is 0 Å². The van der Waals surface area contributed by atoms with E-state index in [1.807, 2.05) is 19.0 Å². The van der Waals surface area contributed by atoms with E-state index < -0.39 is 0 Å². The largest absolute Gasteiger partial charge is 0.347 e. The second-order valence-corrected chi connectivity index (χ2v) is 7.05. The van der Waals surface area contributed by atoms with Crippen molar-refractivity contribution in [1.29, 1.82) is 0 Å². The number of likely N-dealkylation sites (N-methyl/N-ethyl adjacent to an activating group) is 1. The molecule has 134 valence electrons. The maximum absolute atomic E-state index is 4.62. The molecule has 1 aromatic carbocycles. The third-order valence-electron chi connectivity index (χ3n) is 4.60. The smallest absolute Gasteiger partial charge is 0.232 e. The van der Waals surface area contributed by atoms with Gasteiger partial charge in [0.25, 0.3) is 0 Å². The van der Waals surface area contributed by atoms with Crippen molar-refractivity contribution in [2.24, 2.45) is 0 Å². The van der Waals surface area contributed by atoms with Gasteiger partial charge in [-0.25, -0.2) is 0 Å². The van der Waals surface area contributed by atoms with Gasteiger partial charge >= 0.3 is 0 Å². The molecule has 1 aliphatic heterocycles. The van der Waals surface area contributed by atoms with Gasteiger partial charge in [-0.15, -0.1) is 0 Å². The third kappa shape index (κ3) is 3.90. The Morgan fingerprint density at radius 3 is 2.68 bits per heavy atom. The molecule has 1 aliphatic rings. The molecular weight excluding hydrogens is 312 g/mol. The highest BCUT2D eigenvalue weighted by molar-refractivity contribution is 5.62. The van der Waals surface area contributed by atoms with Crippen molar-refractivity contribution < 1.29 is 0 Å². The summed E-state index contributed by atoms with van der Waals surface area (Å²) in [5, 5.41) is 3.45. The Morgan fingerprint density at radius 2 is 2.00 bits per heavy atom. The molecule has 0 aliphatic carbocycles.